The molecule has 0 bridgehead atoms. The molecule has 5 heteroatoms. The number of benzene rings is 1. The van der Waals surface area contributed by atoms with Gasteiger partial charge in [0.2, 0.25) is 0 Å². The summed E-state index contributed by atoms with van der Waals surface area (Å²) in [4.78, 5) is 23.8. The number of carbonyl (C=O) groups excluding carboxylic acids is 2. The maximum Gasteiger partial charge on any atom is 0.328 e. The Morgan fingerprint density at radius 1 is 1.14 bits per heavy atom. The number of hydrogen-bond acceptors (Lipinski definition) is 3. The van der Waals surface area contributed by atoms with E-state index >= 15 is 0 Å². The average molecular weight is 292 g/mol. The predicted octanol–water partition coefficient (Wildman–Crippen LogP) is 2.63. The van der Waals surface area contributed by atoms with Crippen LogP contribution in [-0.4, -0.2) is 25.2 Å². The van der Waals surface area contributed by atoms with Gasteiger partial charge in [-0.3, -0.25) is 0 Å². The maximum atomic E-state index is 12.0. The van der Waals surface area contributed by atoms with Crippen LogP contribution >= 0.6 is 0 Å². The molecule has 0 aliphatic rings. The lowest BCUT2D eigenvalue weighted by Gasteiger charge is -2.23. The Hall–Kier alpha value is -2.04. The van der Waals surface area contributed by atoms with Gasteiger partial charge in [0.1, 0.15) is 6.04 Å². The SMILES string of the molecule is CC[C@H](C)[C@H](NC(=O)N[C@@H](C)c1ccccc1)C(=O)OC. The van der Waals surface area contributed by atoms with Crippen LogP contribution in [-0.2, 0) is 9.53 Å². The van der Waals surface area contributed by atoms with E-state index in [1.54, 1.807) is 0 Å². The summed E-state index contributed by atoms with van der Waals surface area (Å²) in [6.07, 6.45) is 0.772. The highest BCUT2D eigenvalue weighted by molar-refractivity contribution is 5.83. The second-order valence-electron chi connectivity index (χ2n) is 5.14. The summed E-state index contributed by atoms with van der Waals surface area (Å²) in [6.45, 7) is 5.76. The number of carbonyl (C=O) groups is 2. The van der Waals surface area contributed by atoms with Gasteiger partial charge in [0.15, 0.2) is 0 Å². The van der Waals surface area contributed by atoms with Crippen LogP contribution < -0.4 is 10.6 Å². The minimum atomic E-state index is -0.636. The molecular weight excluding hydrogens is 268 g/mol. The van der Waals surface area contributed by atoms with Crippen molar-refractivity contribution < 1.29 is 14.3 Å². The van der Waals surface area contributed by atoms with Gasteiger partial charge in [-0.1, -0.05) is 50.6 Å². The Balaban J connectivity index is 2.64. The Kier molecular flexibility index (Phi) is 6.72. The van der Waals surface area contributed by atoms with E-state index in [4.69, 9.17) is 4.74 Å². The topological polar surface area (TPSA) is 67.4 Å². The van der Waals surface area contributed by atoms with Crippen molar-refractivity contribution in [3.05, 3.63) is 35.9 Å². The summed E-state index contributed by atoms with van der Waals surface area (Å²) in [5, 5.41) is 5.52. The lowest BCUT2D eigenvalue weighted by Crippen LogP contribution is -2.50. The summed E-state index contributed by atoms with van der Waals surface area (Å²) in [5.41, 5.74) is 1.01. The standard InChI is InChI=1S/C16H24N2O3/c1-5-11(2)14(15(19)21-4)18-16(20)17-12(3)13-9-7-6-8-10-13/h6-12,14H,5H2,1-4H3,(H2,17,18,20)/t11-,12-,14-/m0/s1. The van der Waals surface area contributed by atoms with Crippen LogP contribution in [0.5, 0.6) is 0 Å². The first kappa shape index (κ1) is 17.0. The highest BCUT2D eigenvalue weighted by Crippen LogP contribution is 2.12. The monoisotopic (exact) mass is 292 g/mol. The molecule has 0 unspecified atom stereocenters. The number of methoxy groups -OCH3 is 1. The average Bonchev–Trinajstić information content (AvgIpc) is 2.51. The van der Waals surface area contributed by atoms with Crippen LogP contribution in [0, 0.1) is 5.92 Å². The van der Waals surface area contributed by atoms with Crippen molar-refractivity contribution in [3.63, 3.8) is 0 Å². The molecule has 0 radical (unpaired) electrons. The molecule has 0 fully saturated rings. The van der Waals surface area contributed by atoms with Crippen molar-refractivity contribution in [2.45, 2.75) is 39.3 Å². The van der Waals surface area contributed by atoms with Gasteiger partial charge in [0.25, 0.3) is 0 Å². The number of urea groups is 1. The molecule has 0 aromatic heterocycles. The molecule has 1 aromatic rings. The van der Waals surface area contributed by atoms with E-state index in [1.807, 2.05) is 51.1 Å². The van der Waals surface area contributed by atoms with Crippen LogP contribution in [0.3, 0.4) is 0 Å². The first-order valence-corrected chi connectivity index (χ1v) is 7.19. The molecule has 0 heterocycles. The van der Waals surface area contributed by atoms with Gasteiger partial charge in [0, 0.05) is 0 Å². The fourth-order valence-electron chi connectivity index (χ4n) is 2.00. The van der Waals surface area contributed by atoms with E-state index in [9.17, 15) is 9.59 Å². The van der Waals surface area contributed by atoms with Crippen molar-refractivity contribution in [1.82, 2.24) is 10.6 Å². The molecule has 21 heavy (non-hydrogen) atoms. The quantitative estimate of drug-likeness (QED) is 0.792. The molecule has 0 saturated carbocycles. The number of nitrogens with one attached hydrogen (secondary N) is 2. The fraction of sp³-hybridized carbons (Fsp3) is 0.500. The molecular formula is C16H24N2O3. The van der Waals surface area contributed by atoms with Crippen molar-refractivity contribution in [2.75, 3.05) is 7.11 Å². The number of rotatable bonds is 6. The third-order valence-electron chi connectivity index (χ3n) is 3.60. The minimum absolute atomic E-state index is 0.00947. The lowest BCUT2D eigenvalue weighted by atomic mass is 9.99. The van der Waals surface area contributed by atoms with Crippen LogP contribution in [0.2, 0.25) is 0 Å². The smallest absolute Gasteiger partial charge is 0.328 e. The molecule has 3 atom stereocenters. The third-order valence-corrected chi connectivity index (χ3v) is 3.60. The molecule has 2 N–H and O–H groups in total. The second-order valence-corrected chi connectivity index (χ2v) is 5.14. The number of esters is 1. The lowest BCUT2D eigenvalue weighted by molar-refractivity contribution is -0.144. The minimum Gasteiger partial charge on any atom is -0.467 e. The number of amides is 2. The van der Waals surface area contributed by atoms with E-state index in [1.165, 1.54) is 7.11 Å². The van der Waals surface area contributed by atoms with Gasteiger partial charge in [-0.2, -0.15) is 0 Å². The Morgan fingerprint density at radius 2 is 1.76 bits per heavy atom. The van der Waals surface area contributed by atoms with Crippen molar-refractivity contribution in [3.8, 4) is 0 Å². The first-order chi connectivity index (χ1) is 9.99. The summed E-state index contributed by atoms with van der Waals surface area (Å²) < 4.78 is 4.74. The van der Waals surface area contributed by atoms with Gasteiger partial charge in [-0.15, -0.1) is 0 Å². The molecule has 2 amide bonds. The van der Waals surface area contributed by atoms with Gasteiger partial charge in [0.05, 0.1) is 13.2 Å². The molecule has 1 aromatic carbocycles. The Bertz CT molecular complexity index is 462. The largest absolute Gasteiger partial charge is 0.467 e. The Labute approximate surface area is 126 Å². The molecule has 1 rings (SSSR count). The number of ether oxygens (including phenoxy) is 1. The summed E-state index contributed by atoms with van der Waals surface area (Å²) in [7, 11) is 1.32. The molecule has 0 aliphatic heterocycles. The summed E-state index contributed by atoms with van der Waals surface area (Å²) >= 11 is 0. The zero-order valence-electron chi connectivity index (χ0n) is 13.1. The van der Waals surface area contributed by atoms with E-state index in [2.05, 4.69) is 10.6 Å². The van der Waals surface area contributed by atoms with Crippen molar-refractivity contribution >= 4 is 12.0 Å². The molecule has 0 saturated heterocycles. The third kappa shape index (κ3) is 5.10. The van der Waals surface area contributed by atoms with E-state index < -0.39 is 12.0 Å². The van der Waals surface area contributed by atoms with Crippen LogP contribution in [0.4, 0.5) is 4.79 Å². The fourth-order valence-corrected chi connectivity index (χ4v) is 2.00. The first-order valence-electron chi connectivity index (χ1n) is 7.19. The number of hydrogen-bond donors (Lipinski definition) is 2. The van der Waals surface area contributed by atoms with Crippen LogP contribution in [0.15, 0.2) is 30.3 Å². The van der Waals surface area contributed by atoms with Crippen LogP contribution in [0.25, 0.3) is 0 Å². The zero-order valence-corrected chi connectivity index (χ0v) is 13.1. The van der Waals surface area contributed by atoms with E-state index in [-0.39, 0.29) is 18.0 Å². The second kappa shape index (κ2) is 8.29. The van der Waals surface area contributed by atoms with Crippen molar-refractivity contribution in [1.29, 1.82) is 0 Å². The van der Waals surface area contributed by atoms with Gasteiger partial charge >= 0.3 is 12.0 Å². The van der Waals surface area contributed by atoms with E-state index in [0.29, 0.717) is 0 Å². The van der Waals surface area contributed by atoms with Gasteiger partial charge in [-0.25, -0.2) is 9.59 Å². The Morgan fingerprint density at radius 3 is 2.29 bits per heavy atom. The molecule has 0 aliphatic carbocycles. The van der Waals surface area contributed by atoms with E-state index in [0.717, 1.165) is 12.0 Å². The van der Waals surface area contributed by atoms with Gasteiger partial charge < -0.3 is 15.4 Å². The highest BCUT2D eigenvalue weighted by atomic mass is 16.5. The normalized spacial score (nSPS) is 14.7. The predicted molar refractivity (Wildman–Crippen MR) is 81.8 cm³/mol. The van der Waals surface area contributed by atoms with Crippen molar-refractivity contribution in [2.24, 2.45) is 5.92 Å². The zero-order chi connectivity index (χ0) is 15.8. The molecule has 5 nitrogen and oxygen atoms in total. The van der Waals surface area contributed by atoms with Crippen LogP contribution in [0.1, 0.15) is 38.8 Å². The summed E-state index contributed by atoms with van der Waals surface area (Å²) in [5.74, 6) is -0.415. The summed E-state index contributed by atoms with van der Waals surface area (Å²) in [6, 6.07) is 8.50. The highest BCUT2D eigenvalue weighted by Gasteiger charge is 2.27. The maximum absolute atomic E-state index is 12.0. The molecule has 0 spiro atoms. The van der Waals surface area contributed by atoms with Gasteiger partial charge in [-0.05, 0) is 18.4 Å². The molecule has 116 valence electrons.